The van der Waals surface area contributed by atoms with Crippen molar-refractivity contribution in [2.24, 2.45) is 4.99 Å². The van der Waals surface area contributed by atoms with Crippen LogP contribution < -0.4 is 10.1 Å². The minimum Gasteiger partial charge on any atom is -0.418 e. The Morgan fingerprint density at radius 3 is 2.95 bits per heavy atom. The summed E-state index contributed by atoms with van der Waals surface area (Å²) >= 11 is 7.43. The number of benzene rings is 1. The Kier molecular flexibility index (Phi) is 6.41. The molecule has 0 aliphatic carbocycles. The van der Waals surface area contributed by atoms with E-state index in [2.05, 4.69) is 35.1 Å². The SMILES string of the molecule is CC1=NC(=O)c2sc3ccc4nc(Oc5nc(Cl)ncc5CN5CC(OCCF)C5)cnc4c3c2NC1. The molecule has 0 bridgehead atoms. The maximum Gasteiger partial charge on any atom is 0.289 e. The van der Waals surface area contributed by atoms with E-state index in [1.54, 1.807) is 6.20 Å². The molecule has 2 aliphatic heterocycles. The van der Waals surface area contributed by atoms with Crippen molar-refractivity contribution in [3.63, 3.8) is 0 Å². The summed E-state index contributed by atoms with van der Waals surface area (Å²) < 4.78 is 24.7. The quantitative estimate of drug-likeness (QED) is 0.342. The number of fused-ring (bicyclic) bond motifs is 5. The number of rotatable bonds is 7. The zero-order valence-corrected chi connectivity index (χ0v) is 21.3. The summed E-state index contributed by atoms with van der Waals surface area (Å²) in [7, 11) is 0. The van der Waals surface area contributed by atoms with Gasteiger partial charge in [-0.25, -0.2) is 24.3 Å². The summed E-state index contributed by atoms with van der Waals surface area (Å²) in [5.74, 6) is 0.280. The summed E-state index contributed by atoms with van der Waals surface area (Å²) in [6, 6.07) is 3.76. The van der Waals surface area contributed by atoms with Crippen LogP contribution in [0.5, 0.6) is 11.8 Å². The number of hydrogen-bond acceptors (Lipinski definition) is 10. The molecule has 190 valence electrons. The Morgan fingerprint density at radius 1 is 1.24 bits per heavy atom. The van der Waals surface area contributed by atoms with E-state index in [1.807, 2.05) is 19.1 Å². The molecule has 0 unspecified atom stereocenters. The average Bonchev–Trinajstić information content (AvgIpc) is 3.18. The van der Waals surface area contributed by atoms with Gasteiger partial charge in [-0.2, -0.15) is 4.98 Å². The van der Waals surface area contributed by atoms with Crippen LogP contribution in [0.4, 0.5) is 10.1 Å². The van der Waals surface area contributed by atoms with Crippen LogP contribution in [-0.4, -0.2) is 75.5 Å². The van der Waals surface area contributed by atoms with Crippen molar-refractivity contribution in [1.29, 1.82) is 0 Å². The standard InChI is InChI=1S/C24H21ClFN7O3S/c1-12-6-27-20-18-16(37-21(20)22(34)30-12)3-2-15-19(18)28-8-17(31-15)36-23-13(7-29-24(25)32-23)9-33-10-14(11-33)35-5-4-26/h2-3,7-8,14,27H,4-6,9-11H2,1H3. The van der Waals surface area contributed by atoms with E-state index >= 15 is 0 Å². The number of thiophene rings is 1. The van der Waals surface area contributed by atoms with E-state index in [4.69, 9.17) is 21.1 Å². The lowest BCUT2D eigenvalue weighted by atomic mass is 10.1. The van der Waals surface area contributed by atoms with E-state index in [0.29, 0.717) is 42.1 Å². The van der Waals surface area contributed by atoms with Crippen LogP contribution in [0.1, 0.15) is 22.2 Å². The first-order chi connectivity index (χ1) is 18.0. The first-order valence-electron chi connectivity index (χ1n) is 11.6. The van der Waals surface area contributed by atoms with Gasteiger partial charge in [-0.3, -0.25) is 9.69 Å². The molecule has 37 heavy (non-hydrogen) atoms. The molecule has 4 aromatic rings. The summed E-state index contributed by atoms with van der Waals surface area (Å²) in [6.07, 6.45) is 3.16. The molecule has 1 N–H and O–H groups in total. The molecule has 1 fully saturated rings. The van der Waals surface area contributed by atoms with Crippen molar-refractivity contribution in [2.45, 2.75) is 19.6 Å². The van der Waals surface area contributed by atoms with Crippen molar-refractivity contribution in [2.75, 3.05) is 38.2 Å². The van der Waals surface area contributed by atoms with Gasteiger partial charge in [-0.05, 0) is 30.7 Å². The number of hydrogen-bond donors (Lipinski definition) is 1. The fourth-order valence-corrected chi connectivity index (χ4v) is 5.57. The first-order valence-corrected chi connectivity index (χ1v) is 12.8. The number of aromatic nitrogens is 4. The van der Waals surface area contributed by atoms with Gasteiger partial charge < -0.3 is 14.8 Å². The number of ether oxygens (including phenoxy) is 2. The van der Waals surface area contributed by atoms with Gasteiger partial charge in [0.05, 0.1) is 42.2 Å². The highest BCUT2D eigenvalue weighted by molar-refractivity contribution is 7.21. The third-order valence-corrected chi connectivity index (χ3v) is 7.42. The molecule has 2 aliphatic rings. The topological polar surface area (TPSA) is 115 Å². The fourth-order valence-electron chi connectivity index (χ4n) is 4.38. The van der Waals surface area contributed by atoms with E-state index in [-0.39, 0.29) is 35.7 Å². The predicted octanol–water partition coefficient (Wildman–Crippen LogP) is 4.28. The monoisotopic (exact) mass is 541 g/mol. The maximum absolute atomic E-state index is 12.6. The number of nitrogens with zero attached hydrogens (tertiary/aromatic N) is 6. The summed E-state index contributed by atoms with van der Waals surface area (Å²) in [6.45, 7) is 3.80. The van der Waals surface area contributed by atoms with Crippen molar-refractivity contribution < 1.29 is 18.7 Å². The molecular weight excluding hydrogens is 521 g/mol. The lowest BCUT2D eigenvalue weighted by molar-refractivity contribution is -0.0610. The zero-order chi connectivity index (χ0) is 25.5. The lowest BCUT2D eigenvalue weighted by Gasteiger charge is -2.38. The van der Waals surface area contributed by atoms with Gasteiger partial charge in [-0.1, -0.05) is 0 Å². The summed E-state index contributed by atoms with van der Waals surface area (Å²) in [5, 5.41) is 4.22. The van der Waals surface area contributed by atoms with E-state index < -0.39 is 6.67 Å². The highest BCUT2D eigenvalue weighted by Crippen LogP contribution is 2.41. The number of likely N-dealkylation sites (tertiary alicyclic amines) is 1. The van der Waals surface area contributed by atoms with Crippen molar-refractivity contribution >= 4 is 61.4 Å². The molecular formula is C24H21ClFN7O3S. The Hall–Kier alpha value is -3.32. The molecule has 0 saturated carbocycles. The third kappa shape index (κ3) is 4.73. The van der Waals surface area contributed by atoms with Gasteiger partial charge in [0.2, 0.25) is 17.0 Å². The Balaban J connectivity index is 1.27. The van der Waals surface area contributed by atoms with Gasteiger partial charge in [-0.15, -0.1) is 11.3 Å². The van der Waals surface area contributed by atoms with Crippen LogP contribution >= 0.6 is 22.9 Å². The number of aliphatic imine (C=N–C) groups is 1. The Bertz CT molecular complexity index is 1560. The van der Waals surface area contributed by atoms with Gasteiger partial charge >= 0.3 is 0 Å². The van der Waals surface area contributed by atoms with E-state index in [0.717, 1.165) is 27.0 Å². The molecule has 10 nitrogen and oxygen atoms in total. The largest absolute Gasteiger partial charge is 0.418 e. The second kappa shape index (κ2) is 9.86. The van der Waals surface area contributed by atoms with Crippen LogP contribution in [0.2, 0.25) is 5.28 Å². The summed E-state index contributed by atoms with van der Waals surface area (Å²) in [5.41, 5.74) is 3.45. The minimum atomic E-state index is -0.491. The van der Waals surface area contributed by atoms with Crippen LogP contribution in [-0.2, 0) is 11.3 Å². The predicted molar refractivity (Wildman–Crippen MR) is 139 cm³/mol. The van der Waals surface area contributed by atoms with Gasteiger partial charge in [0.1, 0.15) is 11.6 Å². The molecule has 6 rings (SSSR count). The van der Waals surface area contributed by atoms with Crippen LogP contribution in [0.25, 0.3) is 21.1 Å². The minimum absolute atomic E-state index is 0.0175. The van der Waals surface area contributed by atoms with Crippen molar-refractivity contribution in [3.05, 3.63) is 40.3 Å². The normalized spacial score (nSPS) is 16.3. The first kappa shape index (κ1) is 24.0. The zero-order valence-electron chi connectivity index (χ0n) is 19.7. The molecule has 1 saturated heterocycles. The van der Waals surface area contributed by atoms with E-state index in [1.165, 1.54) is 17.5 Å². The van der Waals surface area contributed by atoms with Crippen LogP contribution in [0, 0.1) is 0 Å². The van der Waals surface area contributed by atoms with Crippen LogP contribution in [0.3, 0.4) is 0 Å². The van der Waals surface area contributed by atoms with E-state index in [9.17, 15) is 9.18 Å². The van der Waals surface area contributed by atoms with Gasteiger partial charge in [0, 0.05) is 47.2 Å². The molecule has 0 atom stereocenters. The Labute approximate surface area is 219 Å². The van der Waals surface area contributed by atoms with Gasteiger partial charge in [0.15, 0.2) is 0 Å². The number of carbonyl (C=O) groups is 1. The molecule has 0 spiro atoms. The second-order valence-electron chi connectivity index (χ2n) is 8.77. The van der Waals surface area contributed by atoms with Crippen molar-refractivity contribution in [3.8, 4) is 11.8 Å². The molecule has 5 heterocycles. The third-order valence-electron chi connectivity index (χ3n) is 6.09. The highest BCUT2D eigenvalue weighted by Gasteiger charge is 2.29. The van der Waals surface area contributed by atoms with Crippen molar-refractivity contribution in [1.82, 2.24) is 24.8 Å². The smallest absolute Gasteiger partial charge is 0.289 e. The number of carbonyl (C=O) groups excluding carboxylic acids is 1. The molecule has 1 aromatic carbocycles. The Morgan fingerprint density at radius 2 is 2.11 bits per heavy atom. The summed E-state index contributed by atoms with van der Waals surface area (Å²) in [4.78, 5) is 37.0. The number of amides is 1. The number of halogens is 2. The average molecular weight is 542 g/mol. The number of nitrogens with one attached hydrogen (secondary N) is 1. The number of alkyl halides is 1. The fraction of sp³-hybridized carbons (Fsp3) is 0.333. The molecule has 3 aromatic heterocycles. The van der Waals surface area contributed by atoms with Gasteiger partial charge in [0.25, 0.3) is 5.91 Å². The molecule has 0 radical (unpaired) electrons. The highest BCUT2D eigenvalue weighted by atomic mass is 35.5. The lowest BCUT2D eigenvalue weighted by Crippen LogP contribution is -2.51. The molecule has 1 amide bonds. The maximum atomic E-state index is 12.6. The number of anilines is 1. The second-order valence-corrected chi connectivity index (χ2v) is 10.2. The molecule has 13 heteroatoms. The van der Waals surface area contributed by atoms with Crippen LogP contribution in [0.15, 0.2) is 29.5 Å².